The van der Waals surface area contributed by atoms with Gasteiger partial charge in [-0.3, -0.25) is 0 Å². The minimum Gasteiger partial charge on any atom is -0.490 e. The molecule has 0 bridgehead atoms. The number of aliphatic hydroxyl groups excluding tert-OH is 1. The molecule has 2 aromatic rings. The fourth-order valence-corrected chi connectivity index (χ4v) is 7.88. The largest absolute Gasteiger partial charge is 0.490 e. The van der Waals surface area contributed by atoms with Crippen LogP contribution >= 0.6 is 11.6 Å². The lowest BCUT2D eigenvalue weighted by Crippen LogP contribution is -2.54. The number of hydrogen-bond acceptors (Lipinski definition) is 4. The van der Waals surface area contributed by atoms with Gasteiger partial charge in [0, 0.05) is 10.9 Å². The fraction of sp³-hybridized carbons (Fsp3) is 0.478. The summed E-state index contributed by atoms with van der Waals surface area (Å²) in [6, 6.07) is 7.72. The second-order valence-electron chi connectivity index (χ2n) is 8.58. The SMILES string of the molecule is CC(O)CC[C@@H]1CCC[C@@]2(S(=O)(=O)c3ccc(Cl)cc3)c3c(F)ccc(F)c3OCC12. The quantitative estimate of drug-likeness (QED) is 0.647. The van der Waals surface area contributed by atoms with E-state index in [9.17, 15) is 17.9 Å². The Labute approximate surface area is 186 Å². The number of benzene rings is 2. The van der Waals surface area contributed by atoms with Crippen molar-refractivity contribution in [1.29, 1.82) is 0 Å². The molecule has 0 amide bonds. The van der Waals surface area contributed by atoms with E-state index in [1.807, 2.05) is 0 Å². The van der Waals surface area contributed by atoms with Crippen molar-refractivity contribution in [2.45, 2.75) is 54.8 Å². The molecule has 4 nitrogen and oxygen atoms in total. The third kappa shape index (κ3) is 3.64. The molecule has 0 aromatic heterocycles. The zero-order valence-electron chi connectivity index (χ0n) is 17.2. The molecule has 2 aromatic carbocycles. The van der Waals surface area contributed by atoms with Gasteiger partial charge in [-0.1, -0.05) is 18.0 Å². The van der Waals surface area contributed by atoms with Gasteiger partial charge < -0.3 is 9.84 Å². The maximum absolute atomic E-state index is 15.2. The van der Waals surface area contributed by atoms with E-state index in [0.29, 0.717) is 24.3 Å². The minimum atomic E-state index is -4.13. The molecule has 2 aliphatic rings. The van der Waals surface area contributed by atoms with Gasteiger partial charge in [0.25, 0.3) is 0 Å². The smallest absolute Gasteiger partial charge is 0.188 e. The first-order valence-electron chi connectivity index (χ1n) is 10.5. The van der Waals surface area contributed by atoms with Gasteiger partial charge in [0.1, 0.15) is 10.6 Å². The highest BCUT2D eigenvalue weighted by molar-refractivity contribution is 7.92. The van der Waals surface area contributed by atoms with Crippen molar-refractivity contribution in [1.82, 2.24) is 0 Å². The number of fused-ring (bicyclic) bond motifs is 3. The first kappa shape index (κ1) is 22.5. The Kier molecular flexibility index (Phi) is 6.05. The molecule has 168 valence electrons. The molecule has 31 heavy (non-hydrogen) atoms. The Morgan fingerprint density at radius 1 is 1.19 bits per heavy atom. The van der Waals surface area contributed by atoms with Crippen molar-refractivity contribution in [2.75, 3.05) is 6.61 Å². The molecule has 0 radical (unpaired) electrons. The summed E-state index contributed by atoms with van der Waals surface area (Å²) in [4.78, 5) is 0.0228. The number of halogens is 3. The molecule has 1 heterocycles. The maximum Gasteiger partial charge on any atom is 0.188 e. The zero-order chi connectivity index (χ0) is 22.4. The Hall–Kier alpha value is -1.70. The van der Waals surface area contributed by atoms with Crippen molar-refractivity contribution in [3.8, 4) is 5.75 Å². The summed E-state index contributed by atoms with van der Waals surface area (Å²) in [6.45, 7) is 1.66. The van der Waals surface area contributed by atoms with E-state index < -0.39 is 38.2 Å². The molecule has 1 saturated carbocycles. The molecule has 0 spiro atoms. The summed E-state index contributed by atoms with van der Waals surface area (Å²) in [5, 5.41) is 10.2. The van der Waals surface area contributed by atoms with Gasteiger partial charge in [-0.15, -0.1) is 0 Å². The molecular weight excluding hydrogens is 446 g/mol. The average molecular weight is 471 g/mol. The summed E-state index contributed by atoms with van der Waals surface area (Å²) in [7, 11) is -4.13. The molecule has 4 atom stereocenters. The first-order chi connectivity index (χ1) is 14.7. The summed E-state index contributed by atoms with van der Waals surface area (Å²) in [5.74, 6) is -2.54. The van der Waals surface area contributed by atoms with Crippen LogP contribution in [0.3, 0.4) is 0 Å². The van der Waals surface area contributed by atoms with Crippen LogP contribution in [0.4, 0.5) is 8.78 Å². The van der Waals surface area contributed by atoms with Crippen molar-refractivity contribution in [2.24, 2.45) is 11.8 Å². The van der Waals surface area contributed by atoms with Crippen LogP contribution in [-0.4, -0.2) is 26.2 Å². The van der Waals surface area contributed by atoms with E-state index in [1.165, 1.54) is 24.3 Å². The van der Waals surface area contributed by atoms with Crippen LogP contribution in [0.1, 0.15) is 44.6 Å². The standard InChI is InChI=1S/C23H25ClF2O4S/c1-14(27)4-5-15-3-2-12-23(31(28,29)17-8-6-16(24)7-9-17)18(15)13-30-22-20(26)11-10-19(25)21(22)23/h6-11,14-15,18,27H,2-5,12-13H2,1H3/t14?,15-,18?,23-/m0/s1. The van der Waals surface area contributed by atoms with Crippen molar-refractivity contribution in [3.63, 3.8) is 0 Å². The molecule has 4 rings (SSSR count). The molecule has 1 aliphatic carbocycles. The molecule has 0 saturated heterocycles. The van der Waals surface area contributed by atoms with E-state index in [4.69, 9.17) is 16.3 Å². The van der Waals surface area contributed by atoms with Gasteiger partial charge in [0.05, 0.1) is 23.2 Å². The fourth-order valence-electron chi connectivity index (χ4n) is 5.31. The van der Waals surface area contributed by atoms with Crippen molar-refractivity contribution < 1.29 is 27.0 Å². The number of hydrogen-bond donors (Lipinski definition) is 1. The van der Waals surface area contributed by atoms with E-state index in [-0.39, 0.29) is 35.2 Å². The number of ether oxygens (including phenoxy) is 1. The van der Waals surface area contributed by atoms with Crippen LogP contribution in [-0.2, 0) is 14.6 Å². The third-order valence-electron chi connectivity index (χ3n) is 6.74. The molecule has 1 fully saturated rings. The Bertz CT molecular complexity index is 1070. The van der Waals surface area contributed by atoms with Gasteiger partial charge in [-0.2, -0.15) is 0 Å². The third-order valence-corrected chi connectivity index (χ3v) is 9.55. The summed E-state index contributed by atoms with van der Waals surface area (Å²) in [5.41, 5.74) is -0.208. The Morgan fingerprint density at radius 3 is 2.55 bits per heavy atom. The predicted octanol–water partition coefficient (Wildman–Crippen LogP) is 5.26. The van der Waals surface area contributed by atoms with Gasteiger partial charge in [0.15, 0.2) is 21.4 Å². The van der Waals surface area contributed by atoms with Crippen molar-refractivity contribution in [3.05, 3.63) is 58.6 Å². The van der Waals surface area contributed by atoms with Crippen molar-refractivity contribution >= 4 is 21.4 Å². The van der Waals surface area contributed by atoms with Crippen LogP contribution in [0.25, 0.3) is 0 Å². The first-order valence-corrected chi connectivity index (χ1v) is 12.3. The van der Waals surface area contributed by atoms with Gasteiger partial charge in [0.2, 0.25) is 0 Å². The molecule has 1 N–H and O–H groups in total. The normalized spacial score (nSPS) is 26.5. The highest BCUT2D eigenvalue weighted by atomic mass is 35.5. The van der Waals surface area contributed by atoms with Crippen LogP contribution in [0, 0.1) is 23.5 Å². The minimum absolute atomic E-state index is 0.0228. The number of rotatable bonds is 5. The van der Waals surface area contributed by atoms with E-state index >= 15 is 4.39 Å². The predicted molar refractivity (Wildman–Crippen MR) is 114 cm³/mol. The Morgan fingerprint density at radius 2 is 1.87 bits per heavy atom. The van der Waals surface area contributed by atoms with Gasteiger partial charge >= 0.3 is 0 Å². The zero-order valence-corrected chi connectivity index (χ0v) is 18.7. The summed E-state index contributed by atoms with van der Waals surface area (Å²) >= 11 is 5.96. The van der Waals surface area contributed by atoms with Gasteiger partial charge in [-0.25, -0.2) is 17.2 Å². The molecule has 2 unspecified atom stereocenters. The topological polar surface area (TPSA) is 63.6 Å². The second-order valence-corrected chi connectivity index (χ2v) is 11.2. The van der Waals surface area contributed by atoms with Crippen LogP contribution < -0.4 is 4.74 Å². The molecular formula is C23H25ClF2O4S. The number of sulfone groups is 1. The highest BCUT2D eigenvalue weighted by Gasteiger charge is 2.60. The summed E-state index contributed by atoms with van der Waals surface area (Å²) < 4.78 is 62.1. The van der Waals surface area contributed by atoms with Gasteiger partial charge in [-0.05, 0) is 74.9 Å². The van der Waals surface area contributed by atoms with Crippen LogP contribution in [0.5, 0.6) is 5.75 Å². The molecule has 8 heteroatoms. The Balaban J connectivity index is 1.95. The van der Waals surface area contributed by atoms with E-state index in [0.717, 1.165) is 18.6 Å². The average Bonchev–Trinajstić information content (AvgIpc) is 2.74. The summed E-state index contributed by atoms with van der Waals surface area (Å²) in [6.07, 6.45) is 2.00. The lowest BCUT2D eigenvalue weighted by molar-refractivity contribution is 0.0616. The maximum atomic E-state index is 15.2. The lowest BCUT2D eigenvalue weighted by atomic mass is 9.66. The van der Waals surface area contributed by atoms with E-state index in [1.54, 1.807) is 6.92 Å². The monoisotopic (exact) mass is 470 g/mol. The second kappa shape index (κ2) is 8.34. The van der Waals surface area contributed by atoms with E-state index in [2.05, 4.69) is 0 Å². The lowest BCUT2D eigenvalue weighted by Gasteiger charge is -2.50. The van der Waals surface area contributed by atoms with Crippen LogP contribution in [0.2, 0.25) is 5.02 Å². The highest BCUT2D eigenvalue weighted by Crippen LogP contribution is 2.58. The number of aliphatic hydroxyl groups is 1. The van der Waals surface area contributed by atoms with Crippen LogP contribution in [0.15, 0.2) is 41.3 Å². The molecule has 1 aliphatic heterocycles.